The first kappa shape index (κ1) is 11.0. The summed E-state index contributed by atoms with van der Waals surface area (Å²) in [6.07, 6.45) is 5.59. The van der Waals surface area contributed by atoms with Crippen molar-refractivity contribution in [2.75, 3.05) is 18.5 Å². The molecule has 0 spiro atoms. The lowest BCUT2D eigenvalue weighted by molar-refractivity contribution is 0.792. The van der Waals surface area contributed by atoms with Gasteiger partial charge in [0.15, 0.2) is 0 Å². The van der Waals surface area contributed by atoms with Crippen molar-refractivity contribution in [3.05, 3.63) is 23.9 Å². The highest BCUT2D eigenvalue weighted by molar-refractivity contribution is 5.39. The molecule has 78 valence electrons. The van der Waals surface area contributed by atoms with Crippen LogP contribution in [0.25, 0.3) is 0 Å². The van der Waals surface area contributed by atoms with E-state index in [-0.39, 0.29) is 0 Å². The molecule has 0 saturated heterocycles. The highest BCUT2D eigenvalue weighted by atomic mass is 15.1. The van der Waals surface area contributed by atoms with E-state index in [0.29, 0.717) is 0 Å². The summed E-state index contributed by atoms with van der Waals surface area (Å²) < 4.78 is 0. The number of anilines is 1. The molecule has 0 aliphatic rings. The van der Waals surface area contributed by atoms with Gasteiger partial charge in [0.05, 0.1) is 0 Å². The van der Waals surface area contributed by atoms with Crippen molar-refractivity contribution in [2.45, 2.75) is 33.1 Å². The highest BCUT2D eigenvalue weighted by Gasteiger charge is 2.00. The van der Waals surface area contributed by atoms with Gasteiger partial charge in [0, 0.05) is 19.8 Å². The number of aromatic nitrogens is 1. The summed E-state index contributed by atoms with van der Waals surface area (Å²) >= 11 is 0. The molecule has 0 aromatic carbocycles. The molecule has 0 radical (unpaired) electrons. The van der Waals surface area contributed by atoms with Crippen LogP contribution in [0.3, 0.4) is 0 Å². The second kappa shape index (κ2) is 5.63. The van der Waals surface area contributed by atoms with Crippen molar-refractivity contribution in [1.29, 1.82) is 0 Å². The number of aryl methyl sites for hydroxylation is 1. The first-order valence-electron chi connectivity index (χ1n) is 5.44. The molecular weight excluding hydrogens is 172 g/mol. The van der Waals surface area contributed by atoms with E-state index in [0.717, 1.165) is 12.4 Å². The van der Waals surface area contributed by atoms with E-state index in [1.807, 2.05) is 6.20 Å². The molecule has 0 amide bonds. The van der Waals surface area contributed by atoms with Gasteiger partial charge in [0.25, 0.3) is 0 Å². The van der Waals surface area contributed by atoms with Crippen LogP contribution in [0.15, 0.2) is 18.3 Å². The fourth-order valence-electron chi connectivity index (χ4n) is 1.37. The molecule has 14 heavy (non-hydrogen) atoms. The van der Waals surface area contributed by atoms with E-state index in [1.54, 1.807) is 0 Å². The third-order valence-electron chi connectivity index (χ3n) is 2.49. The van der Waals surface area contributed by atoms with Crippen molar-refractivity contribution < 1.29 is 0 Å². The molecule has 0 saturated carbocycles. The van der Waals surface area contributed by atoms with Crippen LogP contribution in [0.2, 0.25) is 0 Å². The molecule has 0 aliphatic heterocycles. The molecule has 2 heteroatoms. The van der Waals surface area contributed by atoms with Gasteiger partial charge in [-0.2, -0.15) is 0 Å². The Hall–Kier alpha value is -1.05. The van der Waals surface area contributed by atoms with Crippen LogP contribution >= 0.6 is 0 Å². The average Bonchev–Trinajstić information content (AvgIpc) is 2.25. The van der Waals surface area contributed by atoms with Crippen LogP contribution in [0.1, 0.15) is 32.3 Å². The second-order valence-corrected chi connectivity index (χ2v) is 3.64. The SMILES string of the molecule is CCCCc1ccnc(N(C)CC)c1. The molecule has 0 unspecified atom stereocenters. The number of pyridine rings is 1. The summed E-state index contributed by atoms with van der Waals surface area (Å²) in [6, 6.07) is 4.31. The third kappa shape index (κ3) is 3.02. The second-order valence-electron chi connectivity index (χ2n) is 3.64. The molecule has 0 N–H and O–H groups in total. The summed E-state index contributed by atoms with van der Waals surface area (Å²) in [5.41, 5.74) is 1.40. The molecule has 0 aliphatic carbocycles. The summed E-state index contributed by atoms with van der Waals surface area (Å²) in [5.74, 6) is 1.08. The van der Waals surface area contributed by atoms with Gasteiger partial charge in [-0.05, 0) is 37.5 Å². The van der Waals surface area contributed by atoms with Gasteiger partial charge >= 0.3 is 0 Å². The van der Waals surface area contributed by atoms with Gasteiger partial charge in [-0.3, -0.25) is 0 Å². The van der Waals surface area contributed by atoms with Crippen molar-refractivity contribution in [3.8, 4) is 0 Å². The number of unbranched alkanes of at least 4 members (excludes halogenated alkanes) is 1. The van der Waals surface area contributed by atoms with Crippen LogP contribution in [0.4, 0.5) is 5.82 Å². The Balaban J connectivity index is 2.68. The number of hydrogen-bond donors (Lipinski definition) is 0. The molecule has 1 aromatic heterocycles. The normalized spacial score (nSPS) is 10.2. The number of nitrogens with zero attached hydrogens (tertiary/aromatic N) is 2. The zero-order valence-corrected chi connectivity index (χ0v) is 9.45. The Morgan fingerprint density at radius 1 is 1.36 bits per heavy atom. The monoisotopic (exact) mass is 192 g/mol. The Kier molecular flexibility index (Phi) is 4.44. The van der Waals surface area contributed by atoms with Gasteiger partial charge in [-0.1, -0.05) is 13.3 Å². The third-order valence-corrected chi connectivity index (χ3v) is 2.49. The fraction of sp³-hybridized carbons (Fsp3) is 0.583. The summed E-state index contributed by atoms with van der Waals surface area (Å²) in [5, 5.41) is 0. The quantitative estimate of drug-likeness (QED) is 0.713. The summed E-state index contributed by atoms with van der Waals surface area (Å²) in [7, 11) is 2.08. The number of hydrogen-bond acceptors (Lipinski definition) is 2. The standard InChI is InChI=1S/C12H20N2/c1-4-6-7-11-8-9-13-12(10-11)14(3)5-2/h8-10H,4-7H2,1-3H3. The van der Waals surface area contributed by atoms with E-state index in [1.165, 1.54) is 24.8 Å². The number of rotatable bonds is 5. The average molecular weight is 192 g/mol. The lowest BCUT2D eigenvalue weighted by atomic mass is 10.1. The first-order valence-corrected chi connectivity index (χ1v) is 5.44. The Morgan fingerprint density at radius 3 is 2.79 bits per heavy atom. The van der Waals surface area contributed by atoms with E-state index >= 15 is 0 Å². The predicted octanol–water partition coefficient (Wildman–Crippen LogP) is 2.88. The Morgan fingerprint density at radius 2 is 2.14 bits per heavy atom. The Bertz CT molecular complexity index is 271. The van der Waals surface area contributed by atoms with Gasteiger partial charge < -0.3 is 4.90 Å². The molecule has 1 heterocycles. The predicted molar refractivity (Wildman–Crippen MR) is 61.8 cm³/mol. The topological polar surface area (TPSA) is 16.1 Å². The maximum absolute atomic E-state index is 4.34. The Labute approximate surface area is 87.0 Å². The zero-order chi connectivity index (χ0) is 10.4. The minimum atomic E-state index is 1.00. The summed E-state index contributed by atoms with van der Waals surface area (Å²) in [4.78, 5) is 6.51. The summed E-state index contributed by atoms with van der Waals surface area (Å²) in [6.45, 7) is 5.37. The zero-order valence-electron chi connectivity index (χ0n) is 9.45. The highest BCUT2D eigenvalue weighted by Crippen LogP contribution is 2.12. The van der Waals surface area contributed by atoms with Crippen LogP contribution in [0.5, 0.6) is 0 Å². The van der Waals surface area contributed by atoms with E-state index in [4.69, 9.17) is 0 Å². The van der Waals surface area contributed by atoms with Crippen LogP contribution in [-0.4, -0.2) is 18.6 Å². The maximum atomic E-state index is 4.34. The lowest BCUT2D eigenvalue weighted by Crippen LogP contribution is -2.17. The van der Waals surface area contributed by atoms with Gasteiger partial charge in [-0.25, -0.2) is 4.98 Å². The van der Waals surface area contributed by atoms with Crippen molar-refractivity contribution in [1.82, 2.24) is 4.98 Å². The largest absolute Gasteiger partial charge is 0.360 e. The minimum Gasteiger partial charge on any atom is -0.360 e. The first-order chi connectivity index (χ1) is 6.77. The molecule has 1 rings (SSSR count). The van der Waals surface area contributed by atoms with Crippen molar-refractivity contribution in [2.24, 2.45) is 0 Å². The van der Waals surface area contributed by atoms with Crippen LogP contribution in [-0.2, 0) is 6.42 Å². The molecular formula is C12H20N2. The van der Waals surface area contributed by atoms with Gasteiger partial charge in [0.2, 0.25) is 0 Å². The fourth-order valence-corrected chi connectivity index (χ4v) is 1.37. The van der Waals surface area contributed by atoms with Crippen LogP contribution in [0, 0.1) is 0 Å². The smallest absolute Gasteiger partial charge is 0.128 e. The van der Waals surface area contributed by atoms with Gasteiger partial charge in [-0.15, -0.1) is 0 Å². The lowest BCUT2D eigenvalue weighted by Gasteiger charge is -2.15. The van der Waals surface area contributed by atoms with Crippen LogP contribution < -0.4 is 4.90 Å². The van der Waals surface area contributed by atoms with Crippen molar-refractivity contribution in [3.63, 3.8) is 0 Å². The molecule has 0 fully saturated rings. The molecule has 0 atom stereocenters. The molecule has 2 nitrogen and oxygen atoms in total. The van der Waals surface area contributed by atoms with Gasteiger partial charge in [0.1, 0.15) is 5.82 Å². The molecule has 1 aromatic rings. The van der Waals surface area contributed by atoms with E-state index in [2.05, 4.69) is 42.9 Å². The van der Waals surface area contributed by atoms with Crippen molar-refractivity contribution >= 4 is 5.82 Å². The molecule has 0 bridgehead atoms. The van der Waals surface area contributed by atoms with E-state index < -0.39 is 0 Å². The minimum absolute atomic E-state index is 1.00. The maximum Gasteiger partial charge on any atom is 0.128 e. The van der Waals surface area contributed by atoms with E-state index in [9.17, 15) is 0 Å².